The van der Waals surface area contributed by atoms with Gasteiger partial charge in [0.25, 0.3) is 5.91 Å². The number of rotatable bonds is 2. The molecule has 50 heavy (non-hydrogen) atoms. The Hall–Kier alpha value is -0.190. The Bertz CT molecular complexity index is 1530. The molecule has 7 nitrogen and oxygen atoms in total. The molecule has 0 atom stereocenters. The van der Waals surface area contributed by atoms with E-state index in [4.69, 9.17) is 10.8 Å². The number of para-hydroxylation sites is 2. The van der Waals surface area contributed by atoms with E-state index >= 15 is 0 Å². The summed E-state index contributed by atoms with van der Waals surface area (Å²) < 4.78 is 0. The summed E-state index contributed by atoms with van der Waals surface area (Å²) in [5.41, 5.74) is 11.2. The quantitative estimate of drug-likeness (QED) is 0.172. The van der Waals surface area contributed by atoms with Crippen LogP contribution < -0.4 is 24.3 Å². The summed E-state index contributed by atoms with van der Waals surface area (Å²) in [7, 11) is 0. The molecule has 0 saturated heterocycles. The van der Waals surface area contributed by atoms with Gasteiger partial charge >= 0.3 is 56.5 Å². The van der Waals surface area contributed by atoms with Crippen LogP contribution in [0.25, 0.3) is 21.8 Å². The second-order valence-electron chi connectivity index (χ2n) is 11.9. The Kier molecular flexibility index (Phi) is 36.9. The maximum absolute atomic E-state index is 12.5. The molecular formula is C38H62I5N4O3-. The predicted molar refractivity (Wildman–Crippen MR) is 253 cm³/mol. The molecule has 2 aromatic carbocycles. The van der Waals surface area contributed by atoms with Crippen molar-refractivity contribution < 1.29 is 28.0 Å². The summed E-state index contributed by atoms with van der Waals surface area (Å²) in [6.45, 7) is 27.4. The Morgan fingerprint density at radius 2 is 0.980 bits per heavy atom. The number of benzene rings is 2. The second kappa shape index (κ2) is 31.2. The van der Waals surface area contributed by atoms with Crippen molar-refractivity contribution in [2.45, 2.75) is 123 Å². The Morgan fingerprint density at radius 3 is 1.28 bits per heavy atom. The van der Waals surface area contributed by atoms with Crippen LogP contribution in [-0.4, -0.2) is 38.0 Å². The number of carboxylic acids is 1. The minimum absolute atomic E-state index is 0. The predicted octanol–water partition coefficient (Wildman–Crippen LogP) is 10.5. The monoisotopic (exact) mass is 1260 g/mol. The van der Waals surface area contributed by atoms with Gasteiger partial charge in [-0.15, -0.1) is 0 Å². The Labute approximate surface area is 357 Å². The van der Waals surface area contributed by atoms with Gasteiger partial charge in [-0.05, 0) is 92.5 Å². The van der Waals surface area contributed by atoms with Crippen LogP contribution in [-0.2, 0) is 0 Å². The molecule has 0 aliphatic carbocycles. The van der Waals surface area contributed by atoms with E-state index in [0.29, 0.717) is 24.2 Å². The van der Waals surface area contributed by atoms with Crippen molar-refractivity contribution in [3.8, 4) is 0 Å². The molecule has 0 fully saturated rings. The van der Waals surface area contributed by atoms with E-state index in [1.54, 1.807) is 13.0 Å². The van der Waals surface area contributed by atoms with Crippen LogP contribution in [0.2, 0.25) is 0 Å². The van der Waals surface area contributed by atoms with Gasteiger partial charge in [0.15, 0.2) is 0 Å². The number of aromatic nitrogens is 2. The van der Waals surface area contributed by atoms with Gasteiger partial charge in [0.2, 0.25) is 0 Å². The van der Waals surface area contributed by atoms with Gasteiger partial charge in [0.1, 0.15) is 0 Å². The van der Waals surface area contributed by atoms with Crippen LogP contribution in [0.5, 0.6) is 0 Å². The van der Waals surface area contributed by atoms with Crippen molar-refractivity contribution in [3.05, 3.63) is 82.2 Å². The SMILES string of the molecule is C.C.CC.CC.CC(C)(C)N.Cc1nc2ccccc2c(C(=O)NC(C)(C)C)c1C.Cc1nc2ccccc2c(C(=O)O)c1C.II.I[I-]I. The summed E-state index contributed by atoms with van der Waals surface area (Å²) in [5, 5.41) is 13.8. The average molecular weight is 1260 g/mol. The van der Waals surface area contributed by atoms with E-state index in [2.05, 4.69) is 89.7 Å². The number of amides is 1. The van der Waals surface area contributed by atoms with Crippen molar-refractivity contribution in [2.24, 2.45) is 5.73 Å². The molecule has 4 aromatic rings. The van der Waals surface area contributed by atoms with Crippen molar-refractivity contribution >= 4 is 108 Å². The van der Waals surface area contributed by atoms with E-state index in [1.807, 2.05) is 132 Å². The van der Waals surface area contributed by atoms with Crippen LogP contribution >= 0.6 is 74.5 Å². The van der Waals surface area contributed by atoms with E-state index in [-0.39, 0.29) is 31.8 Å². The maximum atomic E-state index is 12.5. The first-order valence-electron chi connectivity index (χ1n) is 15.4. The van der Waals surface area contributed by atoms with E-state index in [9.17, 15) is 9.59 Å². The molecule has 2 aromatic heterocycles. The van der Waals surface area contributed by atoms with Crippen LogP contribution in [0, 0.1) is 27.7 Å². The molecule has 288 valence electrons. The molecular weight excluding hydrogens is 1190 g/mol. The zero-order valence-corrected chi connectivity index (χ0v) is 41.5. The number of carboxylic acid groups (broad SMARTS) is 1. The number of nitrogens with two attached hydrogens (primary N) is 1. The number of carbonyl (C=O) groups excluding carboxylic acids is 1. The third-order valence-corrected chi connectivity index (χ3v) is 5.69. The molecule has 4 rings (SSSR count). The number of nitrogens with one attached hydrogen (secondary N) is 1. The van der Waals surface area contributed by atoms with Crippen LogP contribution in [0.1, 0.15) is 127 Å². The number of aryl methyl sites for hydroxylation is 2. The molecule has 0 saturated carbocycles. The summed E-state index contributed by atoms with van der Waals surface area (Å²) in [6, 6.07) is 15.1. The molecule has 12 heteroatoms. The van der Waals surface area contributed by atoms with Gasteiger partial charge in [-0.3, -0.25) is 14.8 Å². The standard InChI is InChI=1S/C16H20N2O.C12H11NO2.C4H11N.2C2H6.2CH4.I3.I2/c1-10-11(2)17-13-9-7-6-8-12(13)14(10)15(19)18-16(3,4)5;1-7-8(2)13-10-6-4-3-5-9(10)11(7)12(14)15;1-4(2,3)5;2*1-2;;;1-3-2;1-2/h6-9H,1-5H3,(H,18,19);3-6H,1-2H3,(H,14,15);5H2,1-3H3;2*1-2H3;2*1H4;;/q;;;;;;;-1;. The molecule has 4 N–H and O–H groups in total. The summed E-state index contributed by atoms with van der Waals surface area (Å²) in [4.78, 5) is 32.6. The first kappa shape index (κ1) is 59.1. The number of aromatic carboxylic acids is 1. The fraction of sp³-hybridized carbons (Fsp3) is 0.474. The van der Waals surface area contributed by atoms with E-state index < -0.39 is 5.97 Å². The Balaban J connectivity index is -0.000000194. The average Bonchev–Trinajstić information content (AvgIpc) is 3.00. The normalized spacial score (nSPS) is 9.58. The van der Waals surface area contributed by atoms with E-state index in [0.717, 1.165) is 44.5 Å². The molecule has 0 aliphatic heterocycles. The van der Waals surface area contributed by atoms with Gasteiger partial charge in [-0.25, -0.2) is 4.79 Å². The third kappa shape index (κ3) is 23.5. The van der Waals surface area contributed by atoms with Crippen molar-refractivity contribution in [2.75, 3.05) is 0 Å². The van der Waals surface area contributed by atoms with Crippen LogP contribution in [0.3, 0.4) is 0 Å². The summed E-state index contributed by atoms with van der Waals surface area (Å²) in [6.07, 6.45) is 0. The zero-order chi connectivity index (χ0) is 38.4. The zero-order valence-electron chi connectivity index (χ0n) is 30.7. The summed E-state index contributed by atoms with van der Waals surface area (Å²) in [5.74, 6) is -0.930. The van der Waals surface area contributed by atoms with Crippen molar-refractivity contribution in [1.82, 2.24) is 15.3 Å². The first-order chi connectivity index (χ1) is 22.3. The molecule has 0 unspecified atom stereocenters. The number of fused-ring (bicyclic) bond motifs is 2. The van der Waals surface area contributed by atoms with Gasteiger partial charge in [0, 0.05) is 70.5 Å². The van der Waals surface area contributed by atoms with Gasteiger partial charge in [-0.2, -0.15) is 0 Å². The number of nitrogens with zero attached hydrogens (tertiary/aromatic N) is 2. The minimum atomic E-state index is -0.894. The van der Waals surface area contributed by atoms with Gasteiger partial charge in [-0.1, -0.05) is 78.9 Å². The topological polar surface area (TPSA) is 118 Å². The summed E-state index contributed by atoms with van der Waals surface area (Å²) >= 11 is 9.54. The molecule has 0 spiro atoms. The fourth-order valence-corrected chi connectivity index (χ4v) is 3.83. The van der Waals surface area contributed by atoms with Crippen LogP contribution in [0.4, 0.5) is 0 Å². The number of hydrogen-bond acceptors (Lipinski definition) is 5. The fourth-order valence-electron chi connectivity index (χ4n) is 3.83. The molecule has 0 aliphatic rings. The van der Waals surface area contributed by atoms with E-state index in [1.165, 1.54) is 0 Å². The van der Waals surface area contributed by atoms with Crippen molar-refractivity contribution in [1.29, 1.82) is 0 Å². The Morgan fingerprint density at radius 1 is 0.700 bits per heavy atom. The third-order valence-electron chi connectivity index (χ3n) is 5.69. The van der Waals surface area contributed by atoms with Crippen molar-refractivity contribution in [3.63, 3.8) is 0 Å². The van der Waals surface area contributed by atoms with Gasteiger partial charge < -0.3 is 16.2 Å². The second-order valence-corrected chi connectivity index (χ2v) is 28.1. The number of pyridine rings is 2. The molecule has 2 heterocycles. The van der Waals surface area contributed by atoms with Gasteiger partial charge in [0.05, 0.1) is 22.2 Å². The molecule has 0 bridgehead atoms. The molecule has 0 radical (unpaired) electrons. The first-order valence-corrected chi connectivity index (χ1v) is 34.3. The number of halogens is 5. The number of hydrogen-bond donors (Lipinski definition) is 3. The molecule has 1 amide bonds. The van der Waals surface area contributed by atoms with Crippen LogP contribution in [0.15, 0.2) is 48.5 Å². The number of carbonyl (C=O) groups is 2.